The second-order valence-corrected chi connectivity index (χ2v) is 4.92. The van der Waals surface area contributed by atoms with Gasteiger partial charge >= 0.3 is 0 Å². The molecule has 0 atom stereocenters. The number of hydrogen-bond donors (Lipinski definition) is 0. The summed E-state index contributed by atoms with van der Waals surface area (Å²) in [5.74, 6) is 0.873. The molecule has 0 bridgehead atoms. The Kier molecular flexibility index (Phi) is 3.71. The van der Waals surface area contributed by atoms with Crippen molar-refractivity contribution < 1.29 is 4.74 Å². The third kappa shape index (κ3) is 2.62. The van der Waals surface area contributed by atoms with E-state index in [1.54, 1.807) is 0 Å². The lowest BCUT2D eigenvalue weighted by Gasteiger charge is -2.40. The molecular formula is C13H20N4O. The number of nitrogens with zero attached hydrogens (tertiary/aromatic N) is 4. The number of piperidine rings is 1. The van der Waals surface area contributed by atoms with E-state index in [2.05, 4.69) is 19.8 Å². The topological polar surface area (TPSA) is 41.5 Å². The molecule has 0 radical (unpaired) electrons. The van der Waals surface area contributed by atoms with Gasteiger partial charge in [0.05, 0.1) is 13.2 Å². The monoisotopic (exact) mass is 248 g/mol. The van der Waals surface area contributed by atoms with Crippen LogP contribution < -0.4 is 4.90 Å². The van der Waals surface area contributed by atoms with Gasteiger partial charge in [0, 0.05) is 44.6 Å². The molecule has 0 spiro atoms. The molecular weight excluding hydrogens is 228 g/mol. The molecule has 98 valence electrons. The van der Waals surface area contributed by atoms with Crippen LogP contribution in [-0.2, 0) is 4.74 Å². The first kappa shape index (κ1) is 11.9. The summed E-state index contributed by atoms with van der Waals surface area (Å²) in [7, 11) is 0. The minimum Gasteiger partial charge on any atom is -0.379 e. The van der Waals surface area contributed by atoms with E-state index in [1.165, 1.54) is 12.8 Å². The van der Waals surface area contributed by atoms with E-state index in [0.29, 0.717) is 6.04 Å². The van der Waals surface area contributed by atoms with Crippen molar-refractivity contribution in [3.63, 3.8) is 0 Å². The van der Waals surface area contributed by atoms with Gasteiger partial charge in [0.1, 0.15) is 0 Å². The summed E-state index contributed by atoms with van der Waals surface area (Å²) in [6.07, 6.45) is 6.04. The fraction of sp³-hybridized carbons (Fsp3) is 0.692. The molecule has 0 aromatic carbocycles. The molecule has 2 aliphatic heterocycles. The number of ether oxygens (including phenoxy) is 1. The largest absolute Gasteiger partial charge is 0.379 e. The van der Waals surface area contributed by atoms with Gasteiger partial charge in [0.25, 0.3) is 0 Å². The van der Waals surface area contributed by atoms with Crippen LogP contribution in [0.2, 0.25) is 0 Å². The average molecular weight is 248 g/mol. The summed E-state index contributed by atoms with van der Waals surface area (Å²) in [5, 5.41) is 0. The van der Waals surface area contributed by atoms with Crippen LogP contribution in [0.1, 0.15) is 12.8 Å². The molecule has 0 N–H and O–H groups in total. The van der Waals surface area contributed by atoms with Crippen molar-refractivity contribution in [2.45, 2.75) is 18.9 Å². The Labute approximate surface area is 108 Å². The fourth-order valence-corrected chi connectivity index (χ4v) is 2.83. The number of anilines is 1. The van der Waals surface area contributed by atoms with E-state index in [-0.39, 0.29) is 0 Å². The van der Waals surface area contributed by atoms with Crippen molar-refractivity contribution >= 4 is 5.95 Å². The molecule has 5 nitrogen and oxygen atoms in total. The summed E-state index contributed by atoms with van der Waals surface area (Å²) in [6.45, 7) is 6.08. The van der Waals surface area contributed by atoms with Crippen molar-refractivity contribution in [1.82, 2.24) is 14.9 Å². The van der Waals surface area contributed by atoms with E-state index >= 15 is 0 Å². The van der Waals surface area contributed by atoms with Crippen molar-refractivity contribution in [3.05, 3.63) is 18.5 Å². The Morgan fingerprint density at radius 1 is 1.00 bits per heavy atom. The van der Waals surface area contributed by atoms with Gasteiger partial charge in [-0.05, 0) is 18.9 Å². The van der Waals surface area contributed by atoms with Gasteiger partial charge in [0.15, 0.2) is 0 Å². The van der Waals surface area contributed by atoms with E-state index < -0.39 is 0 Å². The molecule has 2 saturated heterocycles. The summed E-state index contributed by atoms with van der Waals surface area (Å²) >= 11 is 0. The highest BCUT2D eigenvalue weighted by molar-refractivity contribution is 5.29. The summed E-state index contributed by atoms with van der Waals surface area (Å²) in [6, 6.07) is 2.58. The summed E-state index contributed by atoms with van der Waals surface area (Å²) in [5.41, 5.74) is 0. The fourth-order valence-electron chi connectivity index (χ4n) is 2.83. The lowest BCUT2D eigenvalue weighted by Crippen LogP contribution is -2.49. The van der Waals surface area contributed by atoms with Gasteiger partial charge in [-0.25, -0.2) is 9.97 Å². The predicted octanol–water partition coefficient (Wildman–Crippen LogP) is 0.778. The van der Waals surface area contributed by atoms with Crippen molar-refractivity contribution in [3.8, 4) is 0 Å². The van der Waals surface area contributed by atoms with Gasteiger partial charge in [-0.2, -0.15) is 0 Å². The van der Waals surface area contributed by atoms with Crippen LogP contribution in [0.5, 0.6) is 0 Å². The summed E-state index contributed by atoms with van der Waals surface area (Å²) < 4.78 is 5.41. The van der Waals surface area contributed by atoms with Gasteiger partial charge < -0.3 is 9.64 Å². The predicted molar refractivity (Wildman–Crippen MR) is 69.7 cm³/mol. The molecule has 5 heteroatoms. The normalized spacial score (nSPS) is 23.2. The molecule has 18 heavy (non-hydrogen) atoms. The van der Waals surface area contributed by atoms with Crippen LogP contribution in [0.3, 0.4) is 0 Å². The molecule has 0 unspecified atom stereocenters. The number of hydrogen-bond acceptors (Lipinski definition) is 5. The third-order valence-electron chi connectivity index (χ3n) is 3.86. The number of morpholine rings is 1. The Morgan fingerprint density at radius 3 is 2.33 bits per heavy atom. The van der Waals surface area contributed by atoms with E-state index in [9.17, 15) is 0 Å². The highest BCUT2D eigenvalue weighted by Gasteiger charge is 2.26. The van der Waals surface area contributed by atoms with Crippen LogP contribution in [0.25, 0.3) is 0 Å². The van der Waals surface area contributed by atoms with Crippen LogP contribution in [0, 0.1) is 0 Å². The molecule has 3 heterocycles. The van der Waals surface area contributed by atoms with Gasteiger partial charge in [0.2, 0.25) is 5.95 Å². The Hall–Kier alpha value is -1.20. The molecule has 2 fully saturated rings. The van der Waals surface area contributed by atoms with Crippen molar-refractivity contribution in [2.75, 3.05) is 44.3 Å². The lowest BCUT2D eigenvalue weighted by atomic mass is 10.0. The van der Waals surface area contributed by atoms with Gasteiger partial charge in [-0.15, -0.1) is 0 Å². The molecule has 1 aromatic rings. The van der Waals surface area contributed by atoms with E-state index in [0.717, 1.165) is 45.3 Å². The smallest absolute Gasteiger partial charge is 0.225 e. The molecule has 2 aliphatic rings. The summed E-state index contributed by atoms with van der Waals surface area (Å²) in [4.78, 5) is 13.5. The standard InChI is InChI=1S/C13H20N4O/c1-4-14-13(15-5-1)17-6-2-12(3-7-17)16-8-10-18-11-9-16/h1,4-5,12H,2-3,6-11H2. The highest BCUT2D eigenvalue weighted by atomic mass is 16.5. The Morgan fingerprint density at radius 2 is 1.67 bits per heavy atom. The Bertz CT molecular complexity index is 359. The van der Waals surface area contributed by atoms with Crippen LogP contribution in [-0.4, -0.2) is 60.3 Å². The first-order chi connectivity index (χ1) is 8.93. The van der Waals surface area contributed by atoms with Crippen LogP contribution in [0.4, 0.5) is 5.95 Å². The maximum atomic E-state index is 5.41. The minimum atomic E-state index is 0.717. The first-order valence-corrected chi connectivity index (χ1v) is 6.77. The zero-order chi connectivity index (χ0) is 12.2. The van der Waals surface area contributed by atoms with E-state index in [1.807, 2.05) is 18.5 Å². The quantitative estimate of drug-likeness (QED) is 0.773. The Balaban J connectivity index is 1.54. The zero-order valence-electron chi connectivity index (χ0n) is 10.7. The first-order valence-electron chi connectivity index (χ1n) is 6.77. The van der Waals surface area contributed by atoms with Crippen molar-refractivity contribution in [2.24, 2.45) is 0 Å². The van der Waals surface area contributed by atoms with E-state index in [4.69, 9.17) is 4.74 Å². The lowest BCUT2D eigenvalue weighted by molar-refractivity contribution is 0.0114. The van der Waals surface area contributed by atoms with Crippen LogP contribution in [0.15, 0.2) is 18.5 Å². The second kappa shape index (κ2) is 5.63. The molecule has 0 aliphatic carbocycles. The average Bonchev–Trinajstić information content (AvgIpc) is 2.49. The minimum absolute atomic E-state index is 0.717. The molecule has 3 rings (SSSR count). The molecule has 0 amide bonds. The maximum absolute atomic E-state index is 5.41. The zero-order valence-corrected chi connectivity index (χ0v) is 10.7. The highest BCUT2D eigenvalue weighted by Crippen LogP contribution is 2.20. The van der Waals surface area contributed by atoms with Crippen LogP contribution >= 0.6 is 0 Å². The SMILES string of the molecule is c1cnc(N2CCC(N3CCOCC3)CC2)nc1. The van der Waals surface area contributed by atoms with Crippen molar-refractivity contribution in [1.29, 1.82) is 0 Å². The number of aromatic nitrogens is 2. The number of rotatable bonds is 2. The third-order valence-corrected chi connectivity index (χ3v) is 3.86. The second-order valence-electron chi connectivity index (χ2n) is 4.92. The van der Waals surface area contributed by atoms with Gasteiger partial charge in [-0.3, -0.25) is 4.90 Å². The molecule has 1 aromatic heterocycles. The maximum Gasteiger partial charge on any atom is 0.225 e. The molecule has 0 saturated carbocycles. The van der Waals surface area contributed by atoms with Gasteiger partial charge in [-0.1, -0.05) is 0 Å².